The lowest BCUT2D eigenvalue weighted by Gasteiger charge is -2.30. The zero-order chi connectivity index (χ0) is 8.97. The highest BCUT2D eigenvalue weighted by atomic mass is 15.2. The van der Waals surface area contributed by atoms with E-state index in [0.717, 1.165) is 6.04 Å². The molecule has 2 atom stereocenters. The fourth-order valence-corrected chi connectivity index (χ4v) is 2.10. The molecule has 1 N–H and O–H groups in total. The molecule has 0 amide bonds. The molecule has 2 heteroatoms. The van der Waals surface area contributed by atoms with E-state index in [1.54, 1.807) is 0 Å². The third-order valence-corrected chi connectivity index (χ3v) is 3.11. The molecule has 72 valence electrons. The van der Waals surface area contributed by atoms with Crippen molar-refractivity contribution >= 4 is 0 Å². The molecule has 0 saturated carbocycles. The van der Waals surface area contributed by atoms with Gasteiger partial charge < -0.3 is 10.2 Å². The molecule has 0 radical (unpaired) electrons. The van der Waals surface area contributed by atoms with Gasteiger partial charge in [0.1, 0.15) is 0 Å². The monoisotopic (exact) mass is 170 g/mol. The van der Waals surface area contributed by atoms with Crippen LogP contribution in [-0.4, -0.2) is 37.6 Å². The van der Waals surface area contributed by atoms with Crippen molar-refractivity contribution in [3.8, 4) is 0 Å². The summed E-state index contributed by atoms with van der Waals surface area (Å²) in [6.45, 7) is 3.56. The predicted molar refractivity (Wildman–Crippen MR) is 53.4 cm³/mol. The molecule has 1 heterocycles. The van der Waals surface area contributed by atoms with Crippen molar-refractivity contribution in [3.63, 3.8) is 0 Å². The summed E-state index contributed by atoms with van der Waals surface area (Å²) >= 11 is 0. The predicted octanol–water partition coefficient (Wildman–Crippen LogP) is 1.47. The Morgan fingerprint density at radius 3 is 2.75 bits per heavy atom. The van der Waals surface area contributed by atoms with E-state index in [4.69, 9.17) is 0 Å². The zero-order valence-electron chi connectivity index (χ0n) is 8.64. The highest BCUT2D eigenvalue weighted by molar-refractivity contribution is 4.80. The lowest BCUT2D eigenvalue weighted by atomic mass is 10.0. The van der Waals surface area contributed by atoms with Crippen molar-refractivity contribution in [2.45, 2.75) is 44.7 Å². The molecule has 2 nitrogen and oxygen atoms in total. The maximum absolute atomic E-state index is 3.35. The van der Waals surface area contributed by atoms with Crippen LogP contribution in [0.15, 0.2) is 0 Å². The van der Waals surface area contributed by atoms with Crippen LogP contribution in [0.2, 0.25) is 0 Å². The summed E-state index contributed by atoms with van der Waals surface area (Å²) in [6.07, 6.45) is 5.56. The molecule has 2 unspecified atom stereocenters. The molecule has 0 aliphatic carbocycles. The minimum absolute atomic E-state index is 0.632. The largest absolute Gasteiger partial charge is 0.316 e. The van der Waals surface area contributed by atoms with Gasteiger partial charge in [-0.2, -0.15) is 0 Å². The Morgan fingerprint density at radius 2 is 2.08 bits per heavy atom. The maximum atomic E-state index is 3.35. The van der Waals surface area contributed by atoms with E-state index in [0.29, 0.717) is 6.04 Å². The molecule has 1 aliphatic heterocycles. The van der Waals surface area contributed by atoms with Crippen molar-refractivity contribution in [1.82, 2.24) is 10.2 Å². The molecular formula is C10H22N2. The lowest BCUT2D eigenvalue weighted by Crippen LogP contribution is -2.45. The molecule has 1 saturated heterocycles. The van der Waals surface area contributed by atoms with Gasteiger partial charge >= 0.3 is 0 Å². The van der Waals surface area contributed by atoms with Gasteiger partial charge in [0.25, 0.3) is 0 Å². The van der Waals surface area contributed by atoms with Gasteiger partial charge in [0.05, 0.1) is 0 Å². The Hall–Kier alpha value is -0.0800. The summed E-state index contributed by atoms with van der Waals surface area (Å²) in [6, 6.07) is 1.38. The number of likely N-dealkylation sites (tertiary alicyclic amines) is 1. The second kappa shape index (κ2) is 4.83. The van der Waals surface area contributed by atoms with Crippen LogP contribution in [-0.2, 0) is 0 Å². The van der Waals surface area contributed by atoms with Gasteiger partial charge in [0.15, 0.2) is 0 Å². The van der Waals surface area contributed by atoms with Gasteiger partial charge in [0, 0.05) is 12.1 Å². The Labute approximate surface area is 76.3 Å². The quantitative estimate of drug-likeness (QED) is 0.675. The Kier molecular flexibility index (Phi) is 4.02. The zero-order valence-corrected chi connectivity index (χ0v) is 8.64. The highest BCUT2D eigenvalue weighted by Gasteiger charge is 2.21. The first kappa shape index (κ1) is 10.0. The number of rotatable bonds is 2. The average molecular weight is 170 g/mol. The summed E-state index contributed by atoms with van der Waals surface area (Å²) in [4.78, 5) is 2.51. The van der Waals surface area contributed by atoms with Crippen LogP contribution in [0.5, 0.6) is 0 Å². The summed E-state index contributed by atoms with van der Waals surface area (Å²) in [5, 5.41) is 3.35. The van der Waals surface area contributed by atoms with Crippen LogP contribution in [0.25, 0.3) is 0 Å². The van der Waals surface area contributed by atoms with Crippen LogP contribution in [0, 0.1) is 0 Å². The lowest BCUT2D eigenvalue weighted by molar-refractivity contribution is 0.206. The van der Waals surface area contributed by atoms with Crippen molar-refractivity contribution in [2.75, 3.05) is 20.6 Å². The van der Waals surface area contributed by atoms with Crippen LogP contribution < -0.4 is 5.32 Å². The van der Waals surface area contributed by atoms with Gasteiger partial charge in [-0.25, -0.2) is 0 Å². The number of hydrogen-bond acceptors (Lipinski definition) is 2. The first-order chi connectivity index (χ1) is 5.75. The Morgan fingerprint density at radius 1 is 1.33 bits per heavy atom. The first-order valence-electron chi connectivity index (χ1n) is 5.13. The summed E-state index contributed by atoms with van der Waals surface area (Å²) in [5.74, 6) is 0. The van der Waals surface area contributed by atoms with Gasteiger partial charge in [-0.15, -0.1) is 0 Å². The summed E-state index contributed by atoms with van der Waals surface area (Å²) in [7, 11) is 4.31. The van der Waals surface area contributed by atoms with Crippen molar-refractivity contribution < 1.29 is 0 Å². The van der Waals surface area contributed by atoms with Crippen LogP contribution in [0.1, 0.15) is 32.6 Å². The fraction of sp³-hybridized carbons (Fsp3) is 1.00. The van der Waals surface area contributed by atoms with E-state index < -0.39 is 0 Å². The number of likely N-dealkylation sites (N-methyl/N-ethyl adjacent to an activating group) is 2. The number of nitrogens with one attached hydrogen (secondary N) is 1. The Bertz CT molecular complexity index is 125. The van der Waals surface area contributed by atoms with Crippen molar-refractivity contribution in [3.05, 3.63) is 0 Å². The van der Waals surface area contributed by atoms with Gasteiger partial charge in [-0.05, 0) is 40.4 Å². The van der Waals surface area contributed by atoms with E-state index in [1.165, 1.54) is 32.2 Å². The maximum Gasteiger partial charge on any atom is 0.0243 e. The van der Waals surface area contributed by atoms with Crippen LogP contribution in [0.3, 0.4) is 0 Å². The van der Waals surface area contributed by atoms with Crippen molar-refractivity contribution in [1.29, 1.82) is 0 Å². The normalized spacial score (nSPS) is 29.8. The molecule has 0 aromatic carbocycles. The highest BCUT2D eigenvalue weighted by Crippen LogP contribution is 2.17. The fourth-order valence-electron chi connectivity index (χ4n) is 2.10. The molecule has 12 heavy (non-hydrogen) atoms. The van der Waals surface area contributed by atoms with Gasteiger partial charge in [-0.3, -0.25) is 0 Å². The van der Waals surface area contributed by atoms with Gasteiger partial charge in [0.2, 0.25) is 0 Å². The SMILES string of the molecule is CNC(C)C1CCCCCN1C. The summed E-state index contributed by atoms with van der Waals surface area (Å²) in [5.41, 5.74) is 0. The van der Waals surface area contributed by atoms with Crippen LogP contribution in [0.4, 0.5) is 0 Å². The average Bonchev–Trinajstić information content (AvgIpc) is 2.28. The molecular weight excluding hydrogens is 148 g/mol. The third-order valence-electron chi connectivity index (χ3n) is 3.11. The topological polar surface area (TPSA) is 15.3 Å². The van der Waals surface area contributed by atoms with Crippen molar-refractivity contribution in [2.24, 2.45) is 0 Å². The standard InChI is InChI=1S/C10H22N2/c1-9(11-2)10-7-5-4-6-8-12(10)3/h9-11H,4-8H2,1-3H3. The first-order valence-corrected chi connectivity index (χ1v) is 5.13. The summed E-state index contributed by atoms with van der Waals surface area (Å²) < 4.78 is 0. The van der Waals surface area contributed by atoms with E-state index in [9.17, 15) is 0 Å². The minimum atomic E-state index is 0.632. The van der Waals surface area contributed by atoms with E-state index in [1.807, 2.05) is 0 Å². The van der Waals surface area contributed by atoms with Gasteiger partial charge in [-0.1, -0.05) is 12.8 Å². The molecule has 0 aromatic rings. The van der Waals surface area contributed by atoms with E-state index >= 15 is 0 Å². The van der Waals surface area contributed by atoms with E-state index in [2.05, 4.69) is 31.2 Å². The molecule has 1 rings (SSSR count). The number of nitrogens with zero attached hydrogens (tertiary/aromatic N) is 1. The molecule has 1 aliphatic rings. The molecule has 1 fully saturated rings. The Balaban J connectivity index is 2.46. The minimum Gasteiger partial charge on any atom is -0.316 e. The van der Waals surface area contributed by atoms with E-state index in [-0.39, 0.29) is 0 Å². The third kappa shape index (κ3) is 2.46. The second-order valence-corrected chi connectivity index (χ2v) is 3.97. The molecule has 0 spiro atoms. The molecule has 0 aromatic heterocycles. The van der Waals surface area contributed by atoms with Crippen LogP contribution >= 0.6 is 0 Å². The number of hydrogen-bond donors (Lipinski definition) is 1. The smallest absolute Gasteiger partial charge is 0.0243 e. The second-order valence-electron chi connectivity index (χ2n) is 3.97. The molecule has 0 bridgehead atoms.